The number of nitrogens with two attached hydrogens (primary N) is 1. The van der Waals surface area contributed by atoms with Crippen LogP contribution in [0.2, 0.25) is 0 Å². The van der Waals surface area contributed by atoms with Crippen LogP contribution in [-0.2, 0) is 6.18 Å². The first-order valence-electron chi connectivity index (χ1n) is 3.46. The van der Waals surface area contributed by atoms with Gasteiger partial charge in [-0.15, -0.1) is 12.4 Å². The van der Waals surface area contributed by atoms with Crippen molar-refractivity contribution in [3.8, 4) is 5.75 Å². The van der Waals surface area contributed by atoms with Crippen LogP contribution in [0.25, 0.3) is 0 Å². The molecular formula is C8H9ClF3NO. The van der Waals surface area contributed by atoms with E-state index < -0.39 is 11.7 Å². The lowest BCUT2D eigenvalue weighted by Crippen LogP contribution is -2.05. The number of rotatable bonds is 1. The van der Waals surface area contributed by atoms with Crippen molar-refractivity contribution in [1.29, 1.82) is 0 Å². The number of anilines is 1. The Balaban J connectivity index is 0.00000169. The first kappa shape index (κ1) is 12.9. The number of hydrogen-bond acceptors (Lipinski definition) is 2. The van der Waals surface area contributed by atoms with Crippen LogP contribution in [-0.4, -0.2) is 7.11 Å². The lowest BCUT2D eigenvalue weighted by molar-refractivity contribution is -0.137. The summed E-state index contributed by atoms with van der Waals surface area (Å²) in [6, 6.07) is 2.95. The Labute approximate surface area is 85.3 Å². The van der Waals surface area contributed by atoms with Gasteiger partial charge in [0.2, 0.25) is 0 Å². The second-order valence-corrected chi connectivity index (χ2v) is 2.45. The molecule has 0 atom stereocenters. The van der Waals surface area contributed by atoms with Gasteiger partial charge in [0, 0.05) is 0 Å². The highest BCUT2D eigenvalue weighted by Gasteiger charge is 2.30. The van der Waals surface area contributed by atoms with Crippen LogP contribution in [0, 0.1) is 0 Å². The molecule has 0 aromatic heterocycles. The standard InChI is InChI=1S/C8H8F3NO.ClH/c1-13-7-4-5(8(9,10)11)2-3-6(7)12;/h2-4H,12H2,1H3;1H. The zero-order valence-corrected chi connectivity index (χ0v) is 8.08. The molecule has 1 aromatic rings. The highest BCUT2D eigenvalue weighted by atomic mass is 35.5. The van der Waals surface area contributed by atoms with Gasteiger partial charge in [-0.1, -0.05) is 0 Å². The summed E-state index contributed by atoms with van der Waals surface area (Å²) in [4.78, 5) is 0. The van der Waals surface area contributed by atoms with Crippen LogP contribution in [0.5, 0.6) is 5.75 Å². The molecule has 0 saturated heterocycles. The average molecular weight is 228 g/mol. The van der Waals surface area contributed by atoms with Crippen molar-refractivity contribution >= 4 is 18.1 Å². The Bertz CT molecular complexity index is 314. The molecule has 0 aliphatic carbocycles. The Morgan fingerprint density at radius 3 is 2.29 bits per heavy atom. The normalized spacial score (nSPS) is 10.6. The molecule has 0 amide bonds. The van der Waals surface area contributed by atoms with Crippen LogP contribution in [0.3, 0.4) is 0 Å². The van der Waals surface area contributed by atoms with Crippen molar-refractivity contribution in [3.05, 3.63) is 23.8 Å². The van der Waals surface area contributed by atoms with E-state index in [1.165, 1.54) is 13.2 Å². The lowest BCUT2D eigenvalue weighted by Gasteiger charge is -2.09. The quantitative estimate of drug-likeness (QED) is 0.749. The van der Waals surface area contributed by atoms with Crippen LogP contribution >= 0.6 is 12.4 Å². The third-order valence-electron chi connectivity index (χ3n) is 1.56. The fourth-order valence-corrected chi connectivity index (χ4v) is 0.887. The molecule has 0 radical (unpaired) electrons. The van der Waals surface area contributed by atoms with Gasteiger partial charge in [0.25, 0.3) is 0 Å². The van der Waals surface area contributed by atoms with E-state index in [1.807, 2.05) is 0 Å². The largest absolute Gasteiger partial charge is 0.495 e. The van der Waals surface area contributed by atoms with Gasteiger partial charge in [-0.25, -0.2) is 0 Å². The van der Waals surface area contributed by atoms with Crippen LogP contribution in [0.1, 0.15) is 5.56 Å². The van der Waals surface area contributed by atoms with E-state index in [0.717, 1.165) is 12.1 Å². The van der Waals surface area contributed by atoms with Gasteiger partial charge in [-0.05, 0) is 18.2 Å². The third-order valence-corrected chi connectivity index (χ3v) is 1.56. The predicted molar refractivity (Wildman–Crippen MR) is 49.7 cm³/mol. The summed E-state index contributed by atoms with van der Waals surface area (Å²) in [6.07, 6.45) is -4.36. The molecule has 0 aliphatic heterocycles. The zero-order chi connectivity index (χ0) is 10.1. The Morgan fingerprint density at radius 2 is 1.86 bits per heavy atom. The summed E-state index contributed by atoms with van der Waals surface area (Å²) in [7, 11) is 1.27. The summed E-state index contributed by atoms with van der Waals surface area (Å²) in [5.41, 5.74) is 4.78. The van der Waals surface area contributed by atoms with Gasteiger partial charge in [0.1, 0.15) is 5.75 Å². The molecule has 0 unspecified atom stereocenters. The molecule has 2 nitrogen and oxygen atoms in total. The maximum atomic E-state index is 12.1. The average Bonchev–Trinajstić information content (AvgIpc) is 2.03. The molecule has 0 aliphatic rings. The van der Waals surface area contributed by atoms with Gasteiger partial charge in [-0.2, -0.15) is 13.2 Å². The monoisotopic (exact) mass is 227 g/mol. The molecule has 14 heavy (non-hydrogen) atoms. The van der Waals surface area contributed by atoms with Crippen molar-refractivity contribution in [1.82, 2.24) is 0 Å². The Hall–Kier alpha value is -1.10. The van der Waals surface area contributed by atoms with Gasteiger partial charge in [0.05, 0.1) is 18.4 Å². The number of alkyl halides is 3. The topological polar surface area (TPSA) is 35.2 Å². The molecule has 1 aromatic carbocycles. The first-order valence-corrected chi connectivity index (χ1v) is 3.46. The van der Waals surface area contributed by atoms with E-state index in [1.54, 1.807) is 0 Å². The van der Waals surface area contributed by atoms with Crippen molar-refractivity contribution in [2.45, 2.75) is 6.18 Å². The molecule has 0 bridgehead atoms. The second-order valence-electron chi connectivity index (χ2n) is 2.45. The van der Waals surface area contributed by atoms with E-state index in [0.29, 0.717) is 0 Å². The van der Waals surface area contributed by atoms with Crippen LogP contribution in [0.15, 0.2) is 18.2 Å². The number of methoxy groups -OCH3 is 1. The summed E-state index contributed by atoms with van der Waals surface area (Å²) >= 11 is 0. The first-order chi connectivity index (χ1) is 5.95. The van der Waals surface area contributed by atoms with Crippen molar-refractivity contribution in [2.75, 3.05) is 12.8 Å². The van der Waals surface area contributed by atoms with Crippen LogP contribution < -0.4 is 10.5 Å². The molecular weight excluding hydrogens is 219 g/mol. The summed E-state index contributed by atoms with van der Waals surface area (Å²) in [5, 5.41) is 0. The van der Waals surface area contributed by atoms with Crippen LogP contribution in [0.4, 0.5) is 18.9 Å². The van der Waals surface area contributed by atoms with E-state index in [-0.39, 0.29) is 23.8 Å². The molecule has 0 spiro atoms. The van der Waals surface area contributed by atoms with Crippen molar-refractivity contribution in [2.24, 2.45) is 0 Å². The molecule has 1 rings (SSSR count). The van der Waals surface area contributed by atoms with Gasteiger partial charge in [0.15, 0.2) is 0 Å². The van der Waals surface area contributed by atoms with Crippen molar-refractivity contribution < 1.29 is 17.9 Å². The summed E-state index contributed by atoms with van der Waals surface area (Å²) in [5.74, 6) is 0.0369. The fraction of sp³-hybridized carbons (Fsp3) is 0.250. The maximum absolute atomic E-state index is 12.1. The molecule has 0 heterocycles. The molecule has 80 valence electrons. The number of nitrogen functional groups attached to an aromatic ring is 1. The van der Waals surface area contributed by atoms with Gasteiger partial charge >= 0.3 is 6.18 Å². The minimum Gasteiger partial charge on any atom is -0.495 e. The van der Waals surface area contributed by atoms with E-state index >= 15 is 0 Å². The van der Waals surface area contributed by atoms with E-state index in [2.05, 4.69) is 4.74 Å². The fourth-order valence-electron chi connectivity index (χ4n) is 0.887. The Morgan fingerprint density at radius 1 is 1.29 bits per heavy atom. The predicted octanol–water partition coefficient (Wildman–Crippen LogP) is 2.72. The Kier molecular flexibility index (Phi) is 4.07. The zero-order valence-electron chi connectivity index (χ0n) is 7.26. The maximum Gasteiger partial charge on any atom is 0.416 e. The number of halogens is 4. The third kappa shape index (κ3) is 2.70. The second kappa shape index (κ2) is 4.41. The molecule has 0 saturated carbocycles. The minimum atomic E-state index is -4.36. The number of ether oxygens (including phenoxy) is 1. The highest BCUT2D eigenvalue weighted by Crippen LogP contribution is 2.33. The minimum absolute atomic E-state index is 0. The van der Waals surface area contributed by atoms with E-state index in [9.17, 15) is 13.2 Å². The number of hydrogen-bond donors (Lipinski definition) is 1. The smallest absolute Gasteiger partial charge is 0.416 e. The number of benzene rings is 1. The summed E-state index contributed by atoms with van der Waals surface area (Å²) in [6.45, 7) is 0. The molecule has 0 fully saturated rings. The van der Waals surface area contributed by atoms with Gasteiger partial charge < -0.3 is 10.5 Å². The summed E-state index contributed by atoms with van der Waals surface area (Å²) < 4.78 is 41.1. The molecule has 2 N–H and O–H groups in total. The highest BCUT2D eigenvalue weighted by molar-refractivity contribution is 5.85. The van der Waals surface area contributed by atoms with Crippen molar-refractivity contribution in [3.63, 3.8) is 0 Å². The SMILES string of the molecule is COc1cc(C(F)(F)F)ccc1N.Cl. The van der Waals surface area contributed by atoms with Gasteiger partial charge in [-0.3, -0.25) is 0 Å². The lowest BCUT2D eigenvalue weighted by atomic mass is 10.2. The molecule has 6 heteroatoms. The van der Waals surface area contributed by atoms with E-state index in [4.69, 9.17) is 5.73 Å².